The Labute approximate surface area is 224 Å². The summed E-state index contributed by atoms with van der Waals surface area (Å²) in [5, 5.41) is 13.5. The van der Waals surface area contributed by atoms with Gasteiger partial charge in [0.2, 0.25) is 9.84 Å². The van der Waals surface area contributed by atoms with Crippen LogP contribution >= 0.6 is 0 Å². The summed E-state index contributed by atoms with van der Waals surface area (Å²) in [7, 11) is -3.97. The van der Waals surface area contributed by atoms with E-state index >= 15 is 0 Å². The Morgan fingerprint density at radius 3 is 1.71 bits per heavy atom. The van der Waals surface area contributed by atoms with Crippen molar-refractivity contribution in [2.24, 2.45) is 5.41 Å². The van der Waals surface area contributed by atoms with E-state index < -0.39 is 20.9 Å². The summed E-state index contributed by atoms with van der Waals surface area (Å²) < 4.78 is 28.7. The summed E-state index contributed by atoms with van der Waals surface area (Å²) in [6.45, 7) is 5.92. The smallest absolute Gasteiger partial charge is 0.206 e. The maximum absolute atomic E-state index is 14.3. The van der Waals surface area contributed by atoms with Crippen LogP contribution in [-0.4, -0.2) is 18.5 Å². The van der Waals surface area contributed by atoms with Gasteiger partial charge >= 0.3 is 0 Å². The molecule has 1 heterocycles. The SMILES string of the molecule is CC(C)(C)/C=C(\c1c(C(O)(c2ccccc2)c2ccccc2)[nH]c2ccccc12)S(=O)(=O)c1ccccc1. The highest BCUT2D eigenvalue weighted by Crippen LogP contribution is 2.45. The van der Waals surface area contributed by atoms with Crippen LogP contribution in [0.3, 0.4) is 0 Å². The molecule has 0 radical (unpaired) electrons. The fourth-order valence-electron chi connectivity index (χ4n) is 4.89. The molecule has 0 spiro atoms. The summed E-state index contributed by atoms with van der Waals surface area (Å²) in [6.07, 6.45) is 1.80. The van der Waals surface area contributed by atoms with Crippen molar-refractivity contribution >= 4 is 25.6 Å². The highest BCUT2D eigenvalue weighted by atomic mass is 32.2. The van der Waals surface area contributed by atoms with Gasteiger partial charge in [0, 0.05) is 16.5 Å². The molecule has 0 aliphatic heterocycles. The van der Waals surface area contributed by atoms with E-state index in [-0.39, 0.29) is 9.80 Å². The van der Waals surface area contributed by atoms with Gasteiger partial charge in [-0.1, -0.05) is 124 Å². The minimum absolute atomic E-state index is 0.161. The zero-order valence-corrected chi connectivity index (χ0v) is 22.5. The minimum atomic E-state index is -3.97. The van der Waals surface area contributed by atoms with Crippen molar-refractivity contribution in [3.8, 4) is 0 Å². The third kappa shape index (κ3) is 4.60. The van der Waals surface area contributed by atoms with Gasteiger partial charge in [0.1, 0.15) is 0 Å². The molecule has 1 aromatic heterocycles. The lowest BCUT2D eigenvalue weighted by atomic mass is 9.81. The topological polar surface area (TPSA) is 70.2 Å². The van der Waals surface area contributed by atoms with Crippen molar-refractivity contribution in [1.29, 1.82) is 0 Å². The van der Waals surface area contributed by atoms with E-state index in [4.69, 9.17) is 0 Å². The first-order valence-corrected chi connectivity index (χ1v) is 14.1. The van der Waals surface area contributed by atoms with Gasteiger partial charge in [-0.3, -0.25) is 0 Å². The Morgan fingerprint density at radius 2 is 1.18 bits per heavy atom. The molecule has 0 bridgehead atoms. The second-order valence-electron chi connectivity index (χ2n) is 10.6. The number of aliphatic hydroxyl groups is 1. The average molecular weight is 522 g/mol. The first kappa shape index (κ1) is 25.7. The lowest BCUT2D eigenvalue weighted by molar-refractivity contribution is 0.121. The molecule has 0 amide bonds. The Morgan fingerprint density at radius 1 is 0.711 bits per heavy atom. The van der Waals surface area contributed by atoms with E-state index in [9.17, 15) is 13.5 Å². The van der Waals surface area contributed by atoms with Gasteiger partial charge in [0.15, 0.2) is 5.60 Å². The highest BCUT2D eigenvalue weighted by Gasteiger charge is 2.41. The number of para-hydroxylation sites is 1. The zero-order chi connectivity index (χ0) is 27.0. The van der Waals surface area contributed by atoms with E-state index in [2.05, 4.69) is 4.98 Å². The van der Waals surface area contributed by atoms with Crippen LogP contribution in [0.5, 0.6) is 0 Å². The van der Waals surface area contributed by atoms with Crippen LogP contribution in [0.1, 0.15) is 43.2 Å². The normalized spacial score (nSPS) is 13.1. The molecule has 0 aliphatic rings. The average Bonchev–Trinajstić information content (AvgIpc) is 3.32. The molecule has 4 nitrogen and oxygen atoms in total. The summed E-state index contributed by atoms with van der Waals surface area (Å²) in [6, 6.07) is 34.8. The molecule has 2 N–H and O–H groups in total. The van der Waals surface area contributed by atoms with E-state index in [1.54, 1.807) is 36.4 Å². The van der Waals surface area contributed by atoms with Crippen LogP contribution < -0.4 is 0 Å². The first-order valence-electron chi connectivity index (χ1n) is 12.6. The number of benzene rings is 4. The summed E-state index contributed by atoms with van der Waals surface area (Å²) in [4.78, 5) is 3.80. The van der Waals surface area contributed by atoms with Crippen LogP contribution in [0, 0.1) is 5.41 Å². The number of hydrogen-bond acceptors (Lipinski definition) is 3. The van der Waals surface area contributed by atoms with Gasteiger partial charge in [-0.15, -0.1) is 0 Å². The molecule has 192 valence electrons. The lowest BCUT2D eigenvalue weighted by Gasteiger charge is -2.31. The molecule has 5 aromatic rings. The maximum Gasteiger partial charge on any atom is 0.206 e. The van der Waals surface area contributed by atoms with Gasteiger partial charge < -0.3 is 10.1 Å². The van der Waals surface area contributed by atoms with Crippen molar-refractivity contribution in [3.05, 3.63) is 144 Å². The predicted octanol–water partition coefficient (Wildman–Crippen LogP) is 7.31. The number of fused-ring (bicyclic) bond motifs is 1. The summed E-state index contributed by atoms with van der Waals surface area (Å²) in [5.74, 6) is 0. The molecule has 0 saturated carbocycles. The Kier molecular flexibility index (Phi) is 6.59. The molecule has 0 aliphatic carbocycles. The molecule has 0 atom stereocenters. The van der Waals surface area contributed by atoms with Crippen LogP contribution in [0.4, 0.5) is 0 Å². The second-order valence-corrected chi connectivity index (χ2v) is 12.5. The number of nitrogens with one attached hydrogen (secondary N) is 1. The molecule has 0 saturated heterocycles. The van der Waals surface area contributed by atoms with Crippen molar-refractivity contribution < 1.29 is 13.5 Å². The number of sulfone groups is 1. The Hall–Kier alpha value is -3.93. The molecular weight excluding hydrogens is 490 g/mol. The molecule has 0 fully saturated rings. The van der Waals surface area contributed by atoms with Crippen LogP contribution in [0.25, 0.3) is 15.8 Å². The minimum Gasteiger partial charge on any atom is -0.375 e. The monoisotopic (exact) mass is 521 g/mol. The molecule has 4 aromatic carbocycles. The maximum atomic E-state index is 14.3. The van der Waals surface area contributed by atoms with Gasteiger partial charge in [0.25, 0.3) is 0 Å². The quantitative estimate of drug-likeness (QED) is 0.246. The van der Waals surface area contributed by atoms with Crippen molar-refractivity contribution in [3.63, 3.8) is 0 Å². The van der Waals surface area contributed by atoms with Crippen molar-refractivity contribution in [2.45, 2.75) is 31.3 Å². The van der Waals surface area contributed by atoms with Crippen LogP contribution in [-0.2, 0) is 15.4 Å². The largest absolute Gasteiger partial charge is 0.375 e. The van der Waals surface area contributed by atoms with Gasteiger partial charge in [-0.2, -0.15) is 0 Å². The van der Waals surface area contributed by atoms with E-state index in [0.29, 0.717) is 22.4 Å². The third-order valence-corrected chi connectivity index (χ3v) is 8.40. The number of rotatable bonds is 6. The number of aromatic amines is 1. The van der Waals surface area contributed by atoms with Gasteiger partial charge in [-0.25, -0.2) is 8.42 Å². The zero-order valence-electron chi connectivity index (χ0n) is 21.7. The second kappa shape index (κ2) is 9.75. The van der Waals surface area contributed by atoms with Crippen molar-refractivity contribution in [1.82, 2.24) is 4.98 Å². The molecular formula is C33H31NO3S. The van der Waals surface area contributed by atoms with Gasteiger partial charge in [-0.05, 0) is 34.7 Å². The lowest BCUT2D eigenvalue weighted by Crippen LogP contribution is -2.31. The van der Waals surface area contributed by atoms with E-state index in [1.807, 2.05) is 106 Å². The summed E-state index contributed by atoms with van der Waals surface area (Å²) >= 11 is 0. The van der Waals surface area contributed by atoms with Gasteiger partial charge in [0.05, 0.1) is 15.5 Å². The third-order valence-electron chi connectivity index (χ3n) is 6.60. The van der Waals surface area contributed by atoms with Crippen molar-refractivity contribution in [2.75, 3.05) is 0 Å². The fourth-order valence-corrected chi connectivity index (χ4v) is 6.65. The molecule has 38 heavy (non-hydrogen) atoms. The summed E-state index contributed by atoms with van der Waals surface area (Å²) in [5.41, 5.74) is 0.758. The van der Waals surface area contributed by atoms with E-state index in [1.165, 1.54) is 0 Å². The number of aromatic nitrogens is 1. The molecule has 0 unspecified atom stereocenters. The van der Waals surface area contributed by atoms with Crippen LogP contribution in [0.15, 0.2) is 126 Å². The highest BCUT2D eigenvalue weighted by molar-refractivity contribution is 8.00. The number of allylic oxidation sites excluding steroid dienone is 1. The van der Waals surface area contributed by atoms with E-state index in [0.717, 1.165) is 10.9 Å². The Bertz CT molecular complexity index is 1660. The number of H-pyrrole nitrogens is 1. The fraction of sp³-hybridized carbons (Fsp3) is 0.152. The van der Waals surface area contributed by atoms with Crippen LogP contribution in [0.2, 0.25) is 0 Å². The Balaban J connectivity index is 1.93. The number of hydrogen-bond donors (Lipinski definition) is 2. The predicted molar refractivity (Wildman–Crippen MR) is 154 cm³/mol. The molecule has 5 rings (SSSR count). The molecule has 5 heteroatoms. The standard InChI is InChI=1S/C33H31NO3S/c1-32(2,3)23-29(38(36,37)26-19-11-6-12-20-26)30-27-21-13-14-22-28(27)34-31(30)33(35,24-15-7-4-8-16-24)25-17-9-5-10-18-25/h4-23,34-35H,1-3H3/b29-23+. The first-order chi connectivity index (χ1) is 18.1.